The van der Waals surface area contributed by atoms with Crippen molar-refractivity contribution in [2.45, 2.75) is 31.8 Å². The molecule has 0 atom stereocenters. The van der Waals surface area contributed by atoms with Gasteiger partial charge in [-0.1, -0.05) is 5.92 Å². The smallest absolute Gasteiger partial charge is 0.0945 e. The molecule has 1 aromatic heterocycles. The summed E-state index contributed by atoms with van der Waals surface area (Å²) in [5.74, 6) is 2.72. The number of imidazole rings is 1. The van der Waals surface area contributed by atoms with E-state index in [0.717, 1.165) is 39.1 Å². The van der Waals surface area contributed by atoms with Crippen molar-refractivity contribution in [3.05, 3.63) is 18.7 Å². The van der Waals surface area contributed by atoms with E-state index in [4.69, 9.17) is 6.42 Å². The lowest BCUT2D eigenvalue weighted by Crippen LogP contribution is -2.42. The molecule has 18 heavy (non-hydrogen) atoms. The second kappa shape index (κ2) is 7.20. The predicted molar refractivity (Wildman–Crippen MR) is 73.1 cm³/mol. The molecule has 2 heterocycles. The van der Waals surface area contributed by atoms with Gasteiger partial charge in [-0.15, -0.1) is 6.42 Å². The van der Waals surface area contributed by atoms with E-state index in [1.807, 2.05) is 18.7 Å². The quantitative estimate of drug-likeness (QED) is 0.599. The highest BCUT2D eigenvalue weighted by Gasteiger charge is 2.17. The highest BCUT2D eigenvalue weighted by Crippen LogP contribution is 2.09. The predicted octanol–water partition coefficient (Wildman–Crippen LogP) is 0.960. The number of terminal acetylenes is 1. The highest BCUT2D eigenvalue weighted by molar-refractivity contribution is 4.90. The number of aryl methyl sites for hydroxylation is 1. The van der Waals surface area contributed by atoms with Crippen LogP contribution in [0.5, 0.6) is 0 Å². The van der Waals surface area contributed by atoms with Crippen molar-refractivity contribution in [1.82, 2.24) is 19.8 Å². The van der Waals surface area contributed by atoms with Gasteiger partial charge < -0.3 is 9.88 Å². The minimum atomic E-state index is 0.668. The fraction of sp³-hybridized carbons (Fsp3) is 0.643. The monoisotopic (exact) mass is 246 g/mol. The van der Waals surface area contributed by atoms with Crippen molar-refractivity contribution in [2.75, 3.05) is 26.2 Å². The van der Waals surface area contributed by atoms with Crippen molar-refractivity contribution in [3.63, 3.8) is 0 Å². The molecule has 1 aromatic rings. The normalized spacial score (nSPS) is 17.7. The molecule has 1 fully saturated rings. The molecule has 98 valence electrons. The first-order valence-corrected chi connectivity index (χ1v) is 6.73. The zero-order chi connectivity index (χ0) is 12.6. The Morgan fingerprint density at radius 3 is 2.89 bits per heavy atom. The summed E-state index contributed by atoms with van der Waals surface area (Å²) >= 11 is 0. The van der Waals surface area contributed by atoms with Crippen LogP contribution in [-0.4, -0.2) is 46.7 Å². The molecule has 0 saturated carbocycles. The molecular weight excluding hydrogens is 224 g/mol. The molecule has 1 aliphatic heterocycles. The molecule has 0 amide bonds. The Labute approximate surface area is 109 Å². The van der Waals surface area contributed by atoms with Gasteiger partial charge in [0.1, 0.15) is 0 Å². The first-order valence-electron chi connectivity index (χ1n) is 6.73. The number of aromatic nitrogens is 2. The van der Waals surface area contributed by atoms with Gasteiger partial charge in [0.05, 0.1) is 12.9 Å². The summed E-state index contributed by atoms with van der Waals surface area (Å²) in [6.07, 6.45) is 14.6. The van der Waals surface area contributed by atoms with Crippen LogP contribution in [0.1, 0.15) is 19.3 Å². The van der Waals surface area contributed by atoms with Gasteiger partial charge >= 0.3 is 0 Å². The number of likely N-dealkylation sites (tertiary alicyclic amines) is 1. The summed E-state index contributed by atoms with van der Waals surface area (Å²) in [4.78, 5) is 6.39. The molecule has 0 spiro atoms. The van der Waals surface area contributed by atoms with Crippen LogP contribution in [0.15, 0.2) is 18.7 Å². The molecule has 1 N–H and O–H groups in total. The molecular formula is C14H22N4. The topological polar surface area (TPSA) is 33.1 Å². The van der Waals surface area contributed by atoms with Gasteiger partial charge in [-0.25, -0.2) is 4.98 Å². The fourth-order valence-electron chi connectivity index (χ4n) is 2.41. The standard InChI is InChI=1S/C14H22N4/c1-2-8-17-10-4-14(5-11-17)16-6-3-9-18-12-7-15-13-18/h1,7,12-14,16H,3-6,8-11H2. The highest BCUT2D eigenvalue weighted by atomic mass is 15.1. The van der Waals surface area contributed by atoms with Gasteiger partial charge in [-0.3, -0.25) is 4.90 Å². The minimum absolute atomic E-state index is 0.668. The molecule has 0 bridgehead atoms. The average molecular weight is 246 g/mol. The Morgan fingerprint density at radius 1 is 1.39 bits per heavy atom. The molecule has 2 rings (SSSR count). The summed E-state index contributed by atoms with van der Waals surface area (Å²) in [7, 11) is 0. The van der Waals surface area contributed by atoms with Crippen LogP contribution < -0.4 is 5.32 Å². The summed E-state index contributed by atoms with van der Waals surface area (Å²) in [6.45, 7) is 5.18. The number of rotatable bonds is 6. The lowest BCUT2D eigenvalue weighted by atomic mass is 10.1. The molecule has 1 saturated heterocycles. The van der Waals surface area contributed by atoms with Gasteiger partial charge in [0, 0.05) is 38.1 Å². The van der Waals surface area contributed by atoms with Crippen LogP contribution in [0.2, 0.25) is 0 Å². The third kappa shape index (κ3) is 4.17. The van der Waals surface area contributed by atoms with Gasteiger partial charge in [-0.2, -0.15) is 0 Å². The van der Waals surface area contributed by atoms with Gasteiger partial charge in [0.25, 0.3) is 0 Å². The van der Waals surface area contributed by atoms with Crippen molar-refractivity contribution in [1.29, 1.82) is 0 Å². The summed E-state index contributed by atoms with van der Waals surface area (Å²) in [5, 5.41) is 3.63. The number of hydrogen-bond donors (Lipinski definition) is 1. The van der Waals surface area contributed by atoms with Crippen molar-refractivity contribution in [2.24, 2.45) is 0 Å². The van der Waals surface area contributed by atoms with E-state index in [2.05, 4.69) is 25.7 Å². The largest absolute Gasteiger partial charge is 0.337 e. The van der Waals surface area contributed by atoms with Gasteiger partial charge in [0.15, 0.2) is 0 Å². The first kappa shape index (κ1) is 13.1. The number of piperidine rings is 1. The second-order valence-electron chi connectivity index (χ2n) is 4.86. The number of nitrogens with one attached hydrogen (secondary N) is 1. The van der Waals surface area contributed by atoms with Crippen LogP contribution in [-0.2, 0) is 6.54 Å². The Morgan fingerprint density at radius 2 is 2.22 bits per heavy atom. The van der Waals surface area contributed by atoms with Crippen molar-refractivity contribution in [3.8, 4) is 12.3 Å². The Kier molecular flexibility index (Phi) is 5.25. The van der Waals surface area contributed by atoms with Crippen LogP contribution in [0.25, 0.3) is 0 Å². The third-order valence-corrected chi connectivity index (χ3v) is 3.49. The molecule has 0 unspecified atom stereocenters. The zero-order valence-electron chi connectivity index (χ0n) is 10.9. The van der Waals surface area contributed by atoms with Crippen LogP contribution >= 0.6 is 0 Å². The summed E-state index contributed by atoms with van der Waals surface area (Å²) in [5.41, 5.74) is 0. The number of hydrogen-bond acceptors (Lipinski definition) is 3. The van der Waals surface area contributed by atoms with Gasteiger partial charge in [0.2, 0.25) is 0 Å². The van der Waals surface area contributed by atoms with E-state index < -0.39 is 0 Å². The van der Waals surface area contributed by atoms with E-state index >= 15 is 0 Å². The van der Waals surface area contributed by atoms with Crippen LogP contribution in [0, 0.1) is 12.3 Å². The summed E-state index contributed by atoms with van der Waals surface area (Å²) < 4.78 is 2.12. The Hall–Kier alpha value is -1.31. The molecule has 4 heteroatoms. The first-order chi connectivity index (χ1) is 8.88. The van der Waals surface area contributed by atoms with E-state index in [9.17, 15) is 0 Å². The molecule has 0 aliphatic carbocycles. The van der Waals surface area contributed by atoms with E-state index in [-0.39, 0.29) is 0 Å². The SMILES string of the molecule is C#CCN1CCC(NCCCn2ccnc2)CC1. The third-order valence-electron chi connectivity index (χ3n) is 3.49. The Balaban J connectivity index is 1.54. The van der Waals surface area contributed by atoms with Gasteiger partial charge in [-0.05, 0) is 25.8 Å². The zero-order valence-corrected chi connectivity index (χ0v) is 10.9. The van der Waals surface area contributed by atoms with E-state index in [0.29, 0.717) is 6.04 Å². The lowest BCUT2D eigenvalue weighted by molar-refractivity contribution is 0.217. The molecule has 0 radical (unpaired) electrons. The second-order valence-corrected chi connectivity index (χ2v) is 4.86. The maximum Gasteiger partial charge on any atom is 0.0945 e. The fourth-order valence-corrected chi connectivity index (χ4v) is 2.41. The average Bonchev–Trinajstić information content (AvgIpc) is 2.90. The van der Waals surface area contributed by atoms with E-state index in [1.165, 1.54) is 12.8 Å². The van der Waals surface area contributed by atoms with E-state index in [1.54, 1.807) is 0 Å². The van der Waals surface area contributed by atoms with Crippen LogP contribution in [0.3, 0.4) is 0 Å². The minimum Gasteiger partial charge on any atom is -0.337 e. The number of nitrogens with zero attached hydrogens (tertiary/aromatic N) is 3. The van der Waals surface area contributed by atoms with Crippen molar-refractivity contribution >= 4 is 0 Å². The molecule has 4 nitrogen and oxygen atoms in total. The molecule has 0 aromatic carbocycles. The van der Waals surface area contributed by atoms with Crippen LogP contribution in [0.4, 0.5) is 0 Å². The maximum atomic E-state index is 5.32. The maximum absolute atomic E-state index is 5.32. The lowest BCUT2D eigenvalue weighted by Gasteiger charge is -2.31. The molecule has 1 aliphatic rings. The van der Waals surface area contributed by atoms with Crippen molar-refractivity contribution < 1.29 is 0 Å². The summed E-state index contributed by atoms with van der Waals surface area (Å²) in [6, 6.07) is 0.668. The Bertz CT molecular complexity index is 358.